The molecule has 0 atom stereocenters. The van der Waals surface area contributed by atoms with Crippen LogP contribution in [-0.2, 0) is 16.6 Å². The first-order chi connectivity index (χ1) is 8.35. The third-order valence-corrected chi connectivity index (χ3v) is 5.30. The van der Waals surface area contributed by atoms with E-state index in [4.69, 9.17) is 5.73 Å². The Labute approximate surface area is 109 Å². The molecule has 2 rings (SSSR count). The second-order valence-electron chi connectivity index (χ2n) is 5.60. The van der Waals surface area contributed by atoms with Gasteiger partial charge in [0.1, 0.15) is 0 Å². The lowest BCUT2D eigenvalue weighted by atomic mass is 9.93. The molecule has 100 valence electrons. The van der Waals surface area contributed by atoms with Crippen molar-refractivity contribution in [3.8, 4) is 0 Å². The average Bonchev–Trinajstić information content (AvgIpc) is 2.70. The summed E-state index contributed by atoms with van der Waals surface area (Å²) in [5, 5.41) is 0. The predicted octanol–water partition coefficient (Wildman–Crippen LogP) is 1.57. The van der Waals surface area contributed by atoms with E-state index in [1.54, 1.807) is 28.6 Å². The molecule has 1 fully saturated rings. The zero-order valence-electron chi connectivity index (χ0n) is 10.9. The SMILES string of the molecule is CC1(C)CCN(S(=O)(=O)c2ccc(CN)cc2)C1. The molecule has 0 saturated carbocycles. The first-order valence-electron chi connectivity index (χ1n) is 6.14. The van der Waals surface area contributed by atoms with Crippen LogP contribution in [0.5, 0.6) is 0 Å². The molecule has 1 aromatic rings. The second kappa shape index (κ2) is 4.64. The van der Waals surface area contributed by atoms with Gasteiger partial charge in [-0.15, -0.1) is 0 Å². The summed E-state index contributed by atoms with van der Waals surface area (Å²) in [6, 6.07) is 6.83. The van der Waals surface area contributed by atoms with Crippen LogP contribution in [0.4, 0.5) is 0 Å². The molecule has 0 spiro atoms. The Kier molecular flexibility index (Phi) is 3.49. The van der Waals surface area contributed by atoms with Crippen LogP contribution in [0, 0.1) is 5.41 Å². The van der Waals surface area contributed by atoms with Crippen molar-refractivity contribution >= 4 is 10.0 Å². The maximum absolute atomic E-state index is 12.4. The highest BCUT2D eigenvalue weighted by Gasteiger charge is 2.36. The quantitative estimate of drug-likeness (QED) is 0.905. The topological polar surface area (TPSA) is 63.4 Å². The molecule has 0 radical (unpaired) electrons. The number of hydrogen-bond donors (Lipinski definition) is 1. The fourth-order valence-corrected chi connectivity index (χ4v) is 3.84. The molecule has 1 heterocycles. The van der Waals surface area contributed by atoms with E-state index in [-0.39, 0.29) is 5.41 Å². The summed E-state index contributed by atoms with van der Waals surface area (Å²) in [6.45, 7) is 5.82. The van der Waals surface area contributed by atoms with Gasteiger partial charge in [-0.05, 0) is 29.5 Å². The van der Waals surface area contributed by atoms with Gasteiger partial charge in [0.15, 0.2) is 0 Å². The fraction of sp³-hybridized carbons (Fsp3) is 0.538. The minimum Gasteiger partial charge on any atom is -0.326 e. The smallest absolute Gasteiger partial charge is 0.243 e. The summed E-state index contributed by atoms with van der Waals surface area (Å²) in [5.41, 5.74) is 6.52. The van der Waals surface area contributed by atoms with Crippen LogP contribution in [0.2, 0.25) is 0 Å². The zero-order chi connectivity index (χ0) is 13.4. The summed E-state index contributed by atoms with van der Waals surface area (Å²) in [5.74, 6) is 0. The van der Waals surface area contributed by atoms with Crippen LogP contribution in [-0.4, -0.2) is 25.8 Å². The fourth-order valence-electron chi connectivity index (χ4n) is 2.21. The maximum atomic E-state index is 12.4. The van der Waals surface area contributed by atoms with Gasteiger partial charge in [0, 0.05) is 19.6 Å². The van der Waals surface area contributed by atoms with Crippen molar-refractivity contribution < 1.29 is 8.42 Å². The Morgan fingerprint density at radius 2 is 1.89 bits per heavy atom. The summed E-state index contributed by atoms with van der Waals surface area (Å²) in [7, 11) is -3.34. The highest BCUT2D eigenvalue weighted by atomic mass is 32.2. The second-order valence-corrected chi connectivity index (χ2v) is 7.54. The molecule has 5 heteroatoms. The molecule has 0 aliphatic carbocycles. The van der Waals surface area contributed by atoms with Crippen molar-refractivity contribution in [2.45, 2.75) is 31.7 Å². The van der Waals surface area contributed by atoms with Gasteiger partial charge in [0.05, 0.1) is 4.90 Å². The van der Waals surface area contributed by atoms with Crippen LogP contribution in [0.15, 0.2) is 29.2 Å². The van der Waals surface area contributed by atoms with Gasteiger partial charge >= 0.3 is 0 Å². The van der Waals surface area contributed by atoms with E-state index >= 15 is 0 Å². The Balaban J connectivity index is 2.25. The number of benzene rings is 1. The van der Waals surface area contributed by atoms with Crippen molar-refractivity contribution in [3.05, 3.63) is 29.8 Å². The van der Waals surface area contributed by atoms with Crippen molar-refractivity contribution in [2.75, 3.05) is 13.1 Å². The van der Waals surface area contributed by atoms with E-state index in [1.807, 2.05) is 0 Å². The van der Waals surface area contributed by atoms with E-state index in [0.29, 0.717) is 24.5 Å². The lowest BCUT2D eigenvalue weighted by Crippen LogP contribution is -2.30. The number of hydrogen-bond acceptors (Lipinski definition) is 3. The molecule has 18 heavy (non-hydrogen) atoms. The molecule has 1 aliphatic heterocycles. The summed E-state index contributed by atoms with van der Waals surface area (Å²) in [6.07, 6.45) is 0.910. The van der Waals surface area contributed by atoms with Crippen molar-refractivity contribution in [1.29, 1.82) is 0 Å². The molecule has 0 aromatic heterocycles. The average molecular weight is 268 g/mol. The largest absolute Gasteiger partial charge is 0.326 e. The molecule has 4 nitrogen and oxygen atoms in total. The van der Waals surface area contributed by atoms with Crippen LogP contribution in [0.25, 0.3) is 0 Å². The first-order valence-corrected chi connectivity index (χ1v) is 7.58. The van der Waals surface area contributed by atoms with E-state index < -0.39 is 10.0 Å². The highest BCUT2D eigenvalue weighted by molar-refractivity contribution is 7.89. The van der Waals surface area contributed by atoms with Crippen LogP contribution >= 0.6 is 0 Å². The van der Waals surface area contributed by atoms with Crippen LogP contribution in [0.1, 0.15) is 25.8 Å². The number of nitrogens with two attached hydrogens (primary N) is 1. The summed E-state index contributed by atoms with van der Waals surface area (Å²) >= 11 is 0. The Morgan fingerprint density at radius 1 is 1.28 bits per heavy atom. The Bertz CT molecular complexity index is 520. The van der Waals surface area contributed by atoms with Gasteiger partial charge in [-0.3, -0.25) is 0 Å². The predicted molar refractivity (Wildman–Crippen MR) is 71.5 cm³/mol. The van der Waals surface area contributed by atoms with Crippen molar-refractivity contribution in [1.82, 2.24) is 4.31 Å². The first kappa shape index (κ1) is 13.5. The molecule has 1 saturated heterocycles. The Hall–Kier alpha value is -0.910. The summed E-state index contributed by atoms with van der Waals surface area (Å²) < 4.78 is 26.4. The lowest BCUT2D eigenvalue weighted by Gasteiger charge is -2.19. The van der Waals surface area contributed by atoms with Gasteiger partial charge in [0.2, 0.25) is 10.0 Å². The molecule has 0 unspecified atom stereocenters. The van der Waals surface area contributed by atoms with E-state index in [1.165, 1.54) is 0 Å². The number of sulfonamides is 1. The van der Waals surface area contributed by atoms with Gasteiger partial charge in [-0.1, -0.05) is 26.0 Å². The van der Waals surface area contributed by atoms with E-state index in [2.05, 4.69) is 13.8 Å². The number of rotatable bonds is 3. The maximum Gasteiger partial charge on any atom is 0.243 e. The minimum absolute atomic E-state index is 0.0737. The highest BCUT2D eigenvalue weighted by Crippen LogP contribution is 2.32. The van der Waals surface area contributed by atoms with Gasteiger partial charge in [0.25, 0.3) is 0 Å². The summed E-state index contributed by atoms with van der Waals surface area (Å²) in [4.78, 5) is 0.359. The van der Waals surface area contributed by atoms with Crippen molar-refractivity contribution in [2.24, 2.45) is 11.1 Å². The van der Waals surface area contributed by atoms with Gasteiger partial charge in [-0.2, -0.15) is 4.31 Å². The molecular formula is C13H20N2O2S. The minimum atomic E-state index is -3.34. The third kappa shape index (κ3) is 2.58. The van der Waals surface area contributed by atoms with Crippen LogP contribution < -0.4 is 5.73 Å². The van der Waals surface area contributed by atoms with Crippen LogP contribution in [0.3, 0.4) is 0 Å². The molecule has 1 aliphatic rings. The molecule has 0 bridgehead atoms. The number of nitrogens with zero attached hydrogens (tertiary/aromatic N) is 1. The normalized spacial score (nSPS) is 20.2. The Morgan fingerprint density at radius 3 is 2.33 bits per heavy atom. The lowest BCUT2D eigenvalue weighted by molar-refractivity contribution is 0.375. The standard InChI is InChI=1S/C13H20N2O2S/c1-13(2)7-8-15(10-13)18(16,17)12-5-3-11(9-14)4-6-12/h3-6H,7-10,14H2,1-2H3. The monoisotopic (exact) mass is 268 g/mol. The van der Waals surface area contributed by atoms with Crippen molar-refractivity contribution in [3.63, 3.8) is 0 Å². The van der Waals surface area contributed by atoms with E-state index in [9.17, 15) is 8.42 Å². The van der Waals surface area contributed by atoms with E-state index in [0.717, 1.165) is 12.0 Å². The third-order valence-electron chi connectivity index (χ3n) is 3.44. The molecule has 2 N–H and O–H groups in total. The molecule has 0 amide bonds. The zero-order valence-corrected chi connectivity index (χ0v) is 11.7. The molecule has 1 aromatic carbocycles. The molecular weight excluding hydrogens is 248 g/mol. The van der Waals surface area contributed by atoms with Gasteiger partial charge in [-0.25, -0.2) is 8.42 Å². The van der Waals surface area contributed by atoms with Gasteiger partial charge < -0.3 is 5.73 Å².